The molecule has 2 fully saturated rings. The highest BCUT2D eigenvalue weighted by atomic mass is 35.5. The lowest BCUT2D eigenvalue weighted by Gasteiger charge is -2.28. The van der Waals surface area contributed by atoms with Crippen LogP contribution in [0.5, 0.6) is 0 Å². The number of piperidine rings is 1. The van der Waals surface area contributed by atoms with Crippen molar-refractivity contribution in [2.45, 2.75) is 12.8 Å². The number of nitrogens with one attached hydrogen (secondary N) is 2. The first kappa shape index (κ1) is 17.0. The number of ether oxygens (including phenoxy) is 1. The number of aromatic nitrogens is 1. The molecule has 2 saturated heterocycles. The van der Waals surface area contributed by atoms with Crippen LogP contribution in [-0.2, 0) is 9.53 Å². The van der Waals surface area contributed by atoms with Crippen molar-refractivity contribution < 1.29 is 9.53 Å². The van der Waals surface area contributed by atoms with Gasteiger partial charge < -0.3 is 20.3 Å². The number of anilines is 2. The first-order valence-electron chi connectivity index (χ1n) is 7.63. The minimum absolute atomic E-state index is 0. The average molecular weight is 327 g/mol. The fourth-order valence-electron chi connectivity index (χ4n) is 2.78. The zero-order chi connectivity index (χ0) is 14.5. The standard InChI is InChI=1S/C15H22N4O2.ClH/c20-15(12-3-5-16-6-4-12)18-14-2-1-13(11-17-14)19-7-9-21-10-8-19;/h1-2,11-12,16H,3-10H2,(H,17,18,20);1H. The molecule has 0 atom stereocenters. The molecule has 3 heterocycles. The molecule has 7 heteroatoms. The Morgan fingerprint density at radius 2 is 2.00 bits per heavy atom. The minimum atomic E-state index is 0. The minimum Gasteiger partial charge on any atom is -0.378 e. The summed E-state index contributed by atoms with van der Waals surface area (Å²) in [4.78, 5) is 18.8. The van der Waals surface area contributed by atoms with Crippen LogP contribution < -0.4 is 15.5 Å². The second kappa shape index (κ2) is 8.31. The summed E-state index contributed by atoms with van der Waals surface area (Å²) in [5, 5.41) is 6.19. The van der Waals surface area contributed by atoms with Crippen molar-refractivity contribution in [3.8, 4) is 0 Å². The second-order valence-corrected chi connectivity index (χ2v) is 5.51. The molecule has 22 heavy (non-hydrogen) atoms. The molecule has 0 saturated carbocycles. The Morgan fingerprint density at radius 1 is 1.27 bits per heavy atom. The maximum Gasteiger partial charge on any atom is 0.228 e. The van der Waals surface area contributed by atoms with Crippen LogP contribution in [0, 0.1) is 5.92 Å². The van der Waals surface area contributed by atoms with Gasteiger partial charge in [0.15, 0.2) is 0 Å². The van der Waals surface area contributed by atoms with E-state index in [0.29, 0.717) is 5.82 Å². The van der Waals surface area contributed by atoms with E-state index >= 15 is 0 Å². The Kier molecular flexibility index (Phi) is 6.42. The Morgan fingerprint density at radius 3 is 2.64 bits per heavy atom. The van der Waals surface area contributed by atoms with Crippen LogP contribution in [0.1, 0.15) is 12.8 Å². The van der Waals surface area contributed by atoms with Crippen LogP contribution in [-0.4, -0.2) is 50.3 Å². The number of amides is 1. The van der Waals surface area contributed by atoms with E-state index in [1.807, 2.05) is 18.3 Å². The van der Waals surface area contributed by atoms with Crippen LogP contribution >= 0.6 is 12.4 Å². The Bertz CT molecular complexity index is 471. The SMILES string of the molecule is Cl.O=C(Nc1ccc(N2CCOCC2)cn1)C1CCNCC1. The van der Waals surface area contributed by atoms with E-state index in [0.717, 1.165) is 57.9 Å². The molecule has 0 radical (unpaired) electrons. The fourth-order valence-corrected chi connectivity index (χ4v) is 2.78. The molecule has 1 aromatic heterocycles. The first-order chi connectivity index (χ1) is 10.3. The van der Waals surface area contributed by atoms with Gasteiger partial charge in [-0.05, 0) is 38.1 Å². The van der Waals surface area contributed by atoms with Gasteiger partial charge in [0, 0.05) is 19.0 Å². The molecule has 2 N–H and O–H groups in total. The monoisotopic (exact) mass is 326 g/mol. The molecule has 6 nitrogen and oxygen atoms in total. The molecule has 1 amide bonds. The highest BCUT2D eigenvalue weighted by Crippen LogP contribution is 2.18. The summed E-state index contributed by atoms with van der Waals surface area (Å²) in [7, 11) is 0. The Labute approximate surface area is 137 Å². The van der Waals surface area contributed by atoms with Gasteiger partial charge in [-0.2, -0.15) is 0 Å². The van der Waals surface area contributed by atoms with Crippen molar-refractivity contribution in [1.29, 1.82) is 0 Å². The van der Waals surface area contributed by atoms with E-state index in [2.05, 4.69) is 20.5 Å². The zero-order valence-electron chi connectivity index (χ0n) is 12.6. The predicted octanol–water partition coefficient (Wildman–Crippen LogP) is 1.28. The van der Waals surface area contributed by atoms with Crippen LogP contribution in [0.4, 0.5) is 11.5 Å². The maximum atomic E-state index is 12.1. The Hall–Kier alpha value is -1.37. The first-order valence-corrected chi connectivity index (χ1v) is 7.63. The van der Waals surface area contributed by atoms with E-state index in [1.165, 1.54) is 0 Å². The quantitative estimate of drug-likeness (QED) is 0.876. The molecule has 1 aromatic rings. The van der Waals surface area contributed by atoms with Gasteiger partial charge in [-0.15, -0.1) is 12.4 Å². The van der Waals surface area contributed by atoms with Gasteiger partial charge in [0.25, 0.3) is 0 Å². The number of halogens is 1. The van der Waals surface area contributed by atoms with E-state index in [1.54, 1.807) is 0 Å². The lowest BCUT2D eigenvalue weighted by molar-refractivity contribution is -0.120. The third-order valence-corrected chi connectivity index (χ3v) is 4.09. The van der Waals surface area contributed by atoms with Gasteiger partial charge in [-0.25, -0.2) is 4.98 Å². The van der Waals surface area contributed by atoms with E-state index in [-0.39, 0.29) is 24.2 Å². The molecular weight excluding hydrogens is 304 g/mol. The lowest BCUT2D eigenvalue weighted by atomic mass is 9.97. The molecular formula is C15H23ClN4O2. The van der Waals surface area contributed by atoms with Crippen molar-refractivity contribution in [2.24, 2.45) is 5.92 Å². The van der Waals surface area contributed by atoms with Crippen LogP contribution in [0.3, 0.4) is 0 Å². The molecule has 122 valence electrons. The molecule has 0 aliphatic carbocycles. The normalized spacial score (nSPS) is 19.4. The number of morpholine rings is 1. The summed E-state index contributed by atoms with van der Waals surface area (Å²) in [5.74, 6) is 0.825. The summed E-state index contributed by atoms with van der Waals surface area (Å²) >= 11 is 0. The highest BCUT2D eigenvalue weighted by Gasteiger charge is 2.21. The Balaban J connectivity index is 0.00000176. The number of carbonyl (C=O) groups excluding carboxylic acids is 1. The number of pyridine rings is 1. The van der Waals surface area contributed by atoms with Gasteiger partial charge in [-0.1, -0.05) is 0 Å². The second-order valence-electron chi connectivity index (χ2n) is 5.51. The summed E-state index contributed by atoms with van der Waals surface area (Å²) in [5.41, 5.74) is 1.08. The number of carbonyl (C=O) groups is 1. The predicted molar refractivity (Wildman–Crippen MR) is 88.7 cm³/mol. The summed E-state index contributed by atoms with van der Waals surface area (Å²) in [6.07, 6.45) is 3.62. The van der Waals surface area contributed by atoms with Crippen molar-refractivity contribution in [3.63, 3.8) is 0 Å². The van der Waals surface area contributed by atoms with Gasteiger partial charge in [0.1, 0.15) is 5.82 Å². The molecule has 2 aliphatic heterocycles. The summed E-state index contributed by atoms with van der Waals surface area (Å²) in [6.45, 7) is 5.14. The topological polar surface area (TPSA) is 66.5 Å². The molecule has 0 spiro atoms. The highest BCUT2D eigenvalue weighted by molar-refractivity contribution is 5.91. The number of nitrogens with zero attached hydrogens (tertiary/aromatic N) is 2. The van der Waals surface area contributed by atoms with Crippen molar-refractivity contribution >= 4 is 29.8 Å². The lowest BCUT2D eigenvalue weighted by Crippen LogP contribution is -2.36. The van der Waals surface area contributed by atoms with Gasteiger partial charge >= 0.3 is 0 Å². The van der Waals surface area contributed by atoms with E-state index < -0.39 is 0 Å². The van der Waals surface area contributed by atoms with Gasteiger partial charge in [-0.3, -0.25) is 4.79 Å². The molecule has 0 unspecified atom stereocenters. The maximum absolute atomic E-state index is 12.1. The third-order valence-electron chi connectivity index (χ3n) is 4.09. The number of hydrogen-bond acceptors (Lipinski definition) is 5. The number of rotatable bonds is 3. The smallest absolute Gasteiger partial charge is 0.228 e. The van der Waals surface area contributed by atoms with Crippen LogP contribution in [0.25, 0.3) is 0 Å². The molecule has 3 rings (SSSR count). The summed E-state index contributed by atoms with van der Waals surface area (Å²) in [6, 6.07) is 3.89. The van der Waals surface area contributed by atoms with Crippen molar-refractivity contribution in [2.75, 3.05) is 49.6 Å². The van der Waals surface area contributed by atoms with Crippen LogP contribution in [0.2, 0.25) is 0 Å². The van der Waals surface area contributed by atoms with E-state index in [9.17, 15) is 4.79 Å². The van der Waals surface area contributed by atoms with Crippen molar-refractivity contribution in [3.05, 3.63) is 18.3 Å². The molecule has 0 bridgehead atoms. The van der Waals surface area contributed by atoms with Crippen molar-refractivity contribution in [1.82, 2.24) is 10.3 Å². The largest absolute Gasteiger partial charge is 0.378 e. The van der Waals surface area contributed by atoms with Gasteiger partial charge in [0.05, 0.1) is 25.1 Å². The summed E-state index contributed by atoms with van der Waals surface area (Å²) < 4.78 is 5.34. The third kappa shape index (κ3) is 4.32. The van der Waals surface area contributed by atoms with Gasteiger partial charge in [0.2, 0.25) is 5.91 Å². The fraction of sp³-hybridized carbons (Fsp3) is 0.600. The molecule has 2 aliphatic rings. The average Bonchev–Trinajstić information content (AvgIpc) is 2.57. The van der Waals surface area contributed by atoms with Crippen LogP contribution in [0.15, 0.2) is 18.3 Å². The number of hydrogen-bond donors (Lipinski definition) is 2. The zero-order valence-corrected chi connectivity index (χ0v) is 13.4. The van der Waals surface area contributed by atoms with E-state index in [4.69, 9.17) is 4.74 Å². The molecule has 0 aromatic carbocycles.